The molecule has 1 amide bonds. The van der Waals surface area contributed by atoms with E-state index in [4.69, 9.17) is 4.74 Å². The highest BCUT2D eigenvalue weighted by molar-refractivity contribution is 7.99. The fourth-order valence-corrected chi connectivity index (χ4v) is 3.54. The molecule has 2 N–H and O–H groups in total. The maximum Gasteiger partial charge on any atom is 0.234 e. The van der Waals surface area contributed by atoms with Crippen LogP contribution < -0.4 is 10.1 Å². The van der Waals surface area contributed by atoms with Crippen LogP contribution in [-0.2, 0) is 11.2 Å². The Morgan fingerprint density at radius 1 is 1.33 bits per heavy atom. The van der Waals surface area contributed by atoms with Gasteiger partial charge in [0.15, 0.2) is 0 Å². The molecule has 6 nitrogen and oxygen atoms in total. The molecule has 0 atom stereocenters. The van der Waals surface area contributed by atoms with Gasteiger partial charge in [0.25, 0.3) is 0 Å². The summed E-state index contributed by atoms with van der Waals surface area (Å²) in [6, 6.07) is 7.25. The molecule has 0 unspecified atom stereocenters. The van der Waals surface area contributed by atoms with Crippen molar-refractivity contribution in [2.45, 2.75) is 37.3 Å². The summed E-state index contributed by atoms with van der Waals surface area (Å²) in [5.74, 6) is 2.63. The predicted molar refractivity (Wildman–Crippen MR) is 94.4 cm³/mol. The molecule has 128 valence electrons. The number of benzene rings is 1. The van der Waals surface area contributed by atoms with Crippen molar-refractivity contribution in [2.24, 2.45) is 5.92 Å². The minimum Gasteiger partial charge on any atom is -0.497 e. The summed E-state index contributed by atoms with van der Waals surface area (Å²) in [6.07, 6.45) is 6.18. The SMILES string of the molecule is COc1ccc(NC(=O)CSc2n[nH]c(CC3CCCC3)n2)cc1. The van der Waals surface area contributed by atoms with Crippen molar-refractivity contribution in [1.82, 2.24) is 15.2 Å². The second-order valence-electron chi connectivity index (χ2n) is 5.98. The number of carbonyl (C=O) groups is 1. The highest BCUT2D eigenvalue weighted by Crippen LogP contribution is 2.27. The van der Waals surface area contributed by atoms with Crippen molar-refractivity contribution in [2.75, 3.05) is 18.2 Å². The normalized spacial score (nSPS) is 14.7. The Kier molecular flexibility index (Phi) is 5.74. The highest BCUT2D eigenvalue weighted by atomic mass is 32.2. The Labute approximate surface area is 145 Å². The van der Waals surface area contributed by atoms with Crippen LogP contribution >= 0.6 is 11.8 Å². The number of anilines is 1. The molecule has 1 aliphatic rings. The maximum atomic E-state index is 12.0. The van der Waals surface area contributed by atoms with Gasteiger partial charge in [0.05, 0.1) is 12.9 Å². The van der Waals surface area contributed by atoms with E-state index in [-0.39, 0.29) is 11.7 Å². The van der Waals surface area contributed by atoms with Crippen LogP contribution in [0.2, 0.25) is 0 Å². The van der Waals surface area contributed by atoms with Crippen LogP contribution in [0.1, 0.15) is 31.5 Å². The molecular weight excluding hydrogens is 324 g/mol. The zero-order chi connectivity index (χ0) is 16.8. The molecule has 0 aliphatic heterocycles. The second kappa shape index (κ2) is 8.19. The molecular formula is C17H22N4O2S. The van der Waals surface area contributed by atoms with Gasteiger partial charge in [0, 0.05) is 12.1 Å². The molecule has 1 saturated carbocycles. The smallest absolute Gasteiger partial charge is 0.234 e. The lowest BCUT2D eigenvalue weighted by molar-refractivity contribution is -0.113. The zero-order valence-electron chi connectivity index (χ0n) is 13.7. The van der Waals surface area contributed by atoms with Gasteiger partial charge in [-0.3, -0.25) is 9.89 Å². The van der Waals surface area contributed by atoms with E-state index in [0.29, 0.717) is 5.16 Å². The molecule has 0 radical (unpaired) electrons. The summed E-state index contributed by atoms with van der Waals surface area (Å²) < 4.78 is 5.09. The fourth-order valence-electron chi connectivity index (χ4n) is 2.92. The van der Waals surface area contributed by atoms with E-state index in [0.717, 1.165) is 29.6 Å². The van der Waals surface area contributed by atoms with Crippen LogP contribution in [0.15, 0.2) is 29.4 Å². The molecule has 1 aromatic carbocycles. The van der Waals surface area contributed by atoms with Crippen LogP contribution in [0.3, 0.4) is 0 Å². The quantitative estimate of drug-likeness (QED) is 0.752. The first kappa shape index (κ1) is 16.8. The lowest BCUT2D eigenvalue weighted by atomic mass is 10.0. The molecule has 1 aliphatic carbocycles. The minimum absolute atomic E-state index is 0.0766. The average Bonchev–Trinajstić information content (AvgIpc) is 3.26. The van der Waals surface area contributed by atoms with E-state index in [1.807, 2.05) is 24.3 Å². The third-order valence-corrected chi connectivity index (χ3v) is 5.02. The number of aromatic nitrogens is 3. The molecule has 24 heavy (non-hydrogen) atoms. The Morgan fingerprint density at radius 2 is 2.08 bits per heavy atom. The van der Waals surface area contributed by atoms with Crippen LogP contribution in [0.4, 0.5) is 5.69 Å². The van der Waals surface area contributed by atoms with Crippen molar-refractivity contribution < 1.29 is 9.53 Å². The molecule has 0 spiro atoms. The summed E-state index contributed by atoms with van der Waals surface area (Å²) in [5.41, 5.74) is 0.748. The number of hydrogen-bond acceptors (Lipinski definition) is 5. The number of rotatable bonds is 7. The molecule has 1 fully saturated rings. The summed E-state index contributed by atoms with van der Waals surface area (Å²) >= 11 is 1.34. The number of nitrogens with one attached hydrogen (secondary N) is 2. The third-order valence-electron chi connectivity index (χ3n) is 4.17. The van der Waals surface area contributed by atoms with Gasteiger partial charge in [-0.1, -0.05) is 37.4 Å². The number of amides is 1. The summed E-state index contributed by atoms with van der Waals surface area (Å²) in [6.45, 7) is 0. The van der Waals surface area contributed by atoms with Gasteiger partial charge in [0.1, 0.15) is 11.6 Å². The van der Waals surface area contributed by atoms with E-state index in [2.05, 4.69) is 20.5 Å². The van der Waals surface area contributed by atoms with Crippen LogP contribution in [0.25, 0.3) is 0 Å². The Morgan fingerprint density at radius 3 is 2.79 bits per heavy atom. The Bertz CT molecular complexity index is 665. The number of carbonyl (C=O) groups excluding carboxylic acids is 1. The fraction of sp³-hybridized carbons (Fsp3) is 0.471. The lowest BCUT2D eigenvalue weighted by Gasteiger charge is -2.05. The standard InChI is InChI=1S/C17H22N4O2S/c1-23-14-8-6-13(7-9-14)18-16(22)11-24-17-19-15(20-21-17)10-12-4-2-3-5-12/h6-9,12H,2-5,10-11H2,1H3,(H,18,22)(H,19,20,21). The monoisotopic (exact) mass is 346 g/mol. The largest absolute Gasteiger partial charge is 0.497 e. The van der Waals surface area contributed by atoms with Gasteiger partial charge in [-0.05, 0) is 30.2 Å². The van der Waals surface area contributed by atoms with E-state index < -0.39 is 0 Å². The van der Waals surface area contributed by atoms with Crippen LogP contribution in [0.5, 0.6) is 5.75 Å². The zero-order valence-corrected chi connectivity index (χ0v) is 14.6. The summed E-state index contributed by atoms with van der Waals surface area (Å²) in [7, 11) is 1.61. The molecule has 0 saturated heterocycles. The molecule has 7 heteroatoms. The highest BCUT2D eigenvalue weighted by Gasteiger charge is 2.17. The van der Waals surface area contributed by atoms with Crippen molar-refractivity contribution in [3.8, 4) is 5.75 Å². The number of nitrogens with zero attached hydrogens (tertiary/aromatic N) is 2. The molecule has 0 bridgehead atoms. The third kappa shape index (κ3) is 4.74. The summed E-state index contributed by atoms with van der Waals surface area (Å²) in [4.78, 5) is 16.5. The maximum absolute atomic E-state index is 12.0. The van der Waals surface area contributed by atoms with E-state index in [1.165, 1.54) is 37.4 Å². The van der Waals surface area contributed by atoms with Gasteiger partial charge in [-0.2, -0.15) is 0 Å². The van der Waals surface area contributed by atoms with Gasteiger partial charge >= 0.3 is 0 Å². The number of aromatic amines is 1. The van der Waals surface area contributed by atoms with Crippen molar-refractivity contribution >= 4 is 23.4 Å². The lowest BCUT2D eigenvalue weighted by Crippen LogP contribution is -2.14. The van der Waals surface area contributed by atoms with Gasteiger partial charge in [-0.15, -0.1) is 5.10 Å². The van der Waals surface area contributed by atoms with Gasteiger partial charge in [-0.25, -0.2) is 4.98 Å². The average molecular weight is 346 g/mol. The molecule has 1 heterocycles. The number of methoxy groups -OCH3 is 1. The number of ether oxygens (including phenoxy) is 1. The first-order chi connectivity index (χ1) is 11.7. The first-order valence-corrected chi connectivity index (χ1v) is 9.19. The molecule has 3 rings (SSSR count). The van der Waals surface area contributed by atoms with Gasteiger partial charge < -0.3 is 10.1 Å². The van der Waals surface area contributed by atoms with Gasteiger partial charge in [0.2, 0.25) is 11.1 Å². The van der Waals surface area contributed by atoms with E-state index in [9.17, 15) is 4.79 Å². The Hall–Kier alpha value is -2.02. The Balaban J connectivity index is 1.44. The van der Waals surface area contributed by atoms with E-state index in [1.54, 1.807) is 7.11 Å². The second-order valence-corrected chi connectivity index (χ2v) is 6.93. The number of H-pyrrole nitrogens is 1. The first-order valence-electron chi connectivity index (χ1n) is 8.21. The summed E-state index contributed by atoms with van der Waals surface area (Å²) in [5, 5.41) is 10.7. The van der Waals surface area contributed by atoms with Crippen molar-refractivity contribution in [1.29, 1.82) is 0 Å². The van der Waals surface area contributed by atoms with Crippen molar-refractivity contribution in [3.05, 3.63) is 30.1 Å². The van der Waals surface area contributed by atoms with Crippen LogP contribution in [0, 0.1) is 5.92 Å². The van der Waals surface area contributed by atoms with E-state index >= 15 is 0 Å². The number of thioether (sulfide) groups is 1. The molecule has 2 aromatic rings. The van der Waals surface area contributed by atoms with Crippen LogP contribution in [-0.4, -0.2) is 34.0 Å². The minimum atomic E-state index is -0.0766. The predicted octanol–water partition coefficient (Wildman–Crippen LogP) is 3.28. The molecule has 1 aromatic heterocycles. The number of hydrogen-bond donors (Lipinski definition) is 2. The topological polar surface area (TPSA) is 79.9 Å². The van der Waals surface area contributed by atoms with Crippen molar-refractivity contribution in [3.63, 3.8) is 0 Å².